The van der Waals surface area contributed by atoms with Crippen molar-refractivity contribution in [2.45, 2.75) is 97.2 Å². The fraction of sp³-hybridized carbons (Fsp3) is 0.923. The molecule has 4 rings (SSSR count). The summed E-state index contributed by atoms with van der Waals surface area (Å²) < 4.78 is 0. The standard InChI is InChI=1S/C26H43NO5/c1-15(4-9-23(30)27-14-24(31)32)19-7-8-20-18-6-5-16-12-17(28)10-11-25(16,2)21(18)13-22(29)26(19,20)3/h15-22,28-29H,4-14H2,1-3H3,(H,27,30)(H,31,32)/t15-,16-,17-,18?,19?,20?,21?,22+,25+,26-/m1/s1. The first-order chi connectivity index (χ1) is 15.1. The Kier molecular flexibility index (Phi) is 6.68. The summed E-state index contributed by atoms with van der Waals surface area (Å²) in [5, 5.41) is 33.0. The molecule has 182 valence electrons. The molecule has 1 amide bonds. The average molecular weight is 450 g/mol. The Morgan fingerprint density at radius 3 is 2.50 bits per heavy atom. The van der Waals surface area contributed by atoms with Crippen molar-refractivity contribution in [3.63, 3.8) is 0 Å². The summed E-state index contributed by atoms with van der Waals surface area (Å²) in [5.74, 6) is 1.84. The number of carboxylic acid groups (broad SMARTS) is 1. The maximum atomic E-state index is 12.0. The minimum atomic E-state index is -1.02. The fourth-order valence-electron chi connectivity index (χ4n) is 8.98. The van der Waals surface area contributed by atoms with Crippen molar-refractivity contribution in [3.05, 3.63) is 0 Å². The summed E-state index contributed by atoms with van der Waals surface area (Å²) in [7, 11) is 0. The van der Waals surface area contributed by atoms with Crippen LogP contribution in [0.1, 0.15) is 85.0 Å². The van der Waals surface area contributed by atoms with E-state index < -0.39 is 5.97 Å². The number of aliphatic hydroxyl groups excluding tert-OH is 2. The van der Waals surface area contributed by atoms with Crippen LogP contribution < -0.4 is 5.32 Å². The van der Waals surface area contributed by atoms with Crippen molar-refractivity contribution in [2.24, 2.45) is 46.3 Å². The lowest BCUT2D eigenvalue weighted by molar-refractivity contribution is -0.175. The van der Waals surface area contributed by atoms with E-state index in [0.717, 1.165) is 44.9 Å². The molecule has 4 unspecified atom stereocenters. The number of rotatable bonds is 6. The molecule has 0 saturated heterocycles. The molecule has 32 heavy (non-hydrogen) atoms. The van der Waals surface area contributed by atoms with Crippen LogP contribution in [0.15, 0.2) is 0 Å². The lowest BCUT2D eigenvalue weighted by atomic mass is 9.43. The Balaban J connectivity index is 1.45. The smallest absolute Gasteiger partial charge is 0.322 e. The van der Waals surface area contributed by atoms with Gasteiger partial charge in [-0.3, -0.25) is 9.59 Å². The third-order valence-corrected chi connectivity index (χ3v) is 10.8. The lowest BCUT2D eigenvalue weighted by Crippen LogP contribution is -2.58. The average Bonchev–Trinajstić information content (AvgIpc) is 3.10. The van der Waals surface area contributed by atoms with Crippen molar-refractivity contribution >= 4 is 11.9 Å². The topological polar surface area (TPSA) is 107 Å². The SMILES string of the molecule is C[C@H](CCC(=O)NCC(=O)O)C1CCC2C3CC[C@@H]4C[C@H](O)CC[C@]4(C)C3C[C@H](O)[C@@]21C. The summed E-state index contributed by atoms with van der Waals surface area (Å²) >= 11 is 0. The van der Waals surface area contributed by atoms with E-state index >= 15 is 0 Å². The molecule has 4 saturated carbocycles. The van der Waals surface area contributed by atoms with Crippen LogP contribution in [-0.2, 0) is 9.59 Å². The number of carbonyl (C=O) groups is 2. The van der Waals surface area contributed by atoms with Gasteiger partial charge in [0.05, 0.1) is 12.2 Å². The van der Waals surface area contributed by atoms with Gasteiger partial charge in [0.15, 0.2) is 0 Å². The highest BCUT2D eigenvalue weighted by Gasteiger charge is 2.63. The van der Waals surface area contributed by atoms with Crippen LogP contribution >= 0.6 is 0 Å². The molecular weight excluding hydrogens is 406 g/mol. The molecule has 0 radical (unpaired) electrons. The van der Waals surface area contributed by atoms with Crippen LogP contribution in [-0.4, -0.2) is 45.9 Å². The number of amides is 1. The fourth-order valence-corrected chi connectivity index (χ4v) is 8.98. The molecule has 0 aromatic carbocycles. The van der Waals surface area contributed by atoms with Crippen LogP contribution in [0.4, 0.5) is 0 Å². The van der Waals surface area contributed by atoms with E-state index in [-0.39, 0.29) is 35.5 Å². The normalized spacial score (nSPS) is 46.5. The number of carboxylic acids is 1. The van der Waals surface area contributed by atoms with E-state index in [2.05, 4.69) is 26.1 Å². The van der Waals surface area contributed by atoms with Crippen LogP contribution in [0.25, 0.3) is 0 Å². The van der Waals surface area contributed by atoms with Crippen LogP contribution in [0.3, 0.4) is 0 Å². The molecule has 6 nitrogen and oxygen atoms in total. The summed E-state index contributed by atoms with van der Waals surface area (Å²) in [5.41, 5.74) is 0.145. The molecule has 4 fully saturated rings. The van der Waals surface area contributed by atoms with Gasteiger partial charge in [-0.1, -0.05) is 20.8 Å². The second-order valence-corrected chi connectivity index (χ2v) is 12.1. The highest BCUT2D eigenvalue weighted by molar-refractivity contribution is 5.81. The molecule has 4 aliphatic rings. The minimum Gasteiger partial charge on any atom is -0.480 e. The van der Waals surface area contributed by atoms with Crippen molar-refractivity contribution in [1.29, 1.82) is 0 Å². The molecule has 4 N–H and O–H groups in total. The number of carbonyl (C=O) groups excluding carboxylic acids is 1. The maximum absolute atomic E-state index is 12.0. The van der Waals surface area contributed by atoms with Crippen molar-refractivity contribution in [3.8, 4) is 0 Å². The number of hydrogen-bond acceptors (Lipinski definition) is 4. The van der Waals surface area contributed by atoms with Gasteiger partial charge in [-0.15, -0.1) is 0 Å². The highest BCUT2D eigenvalue weighted by atomic mass is 16.4. The molecular formula is C26H43NO5. The van der Waals surface area contributed by atoms with Crippen molar-refractivity contribution in [2.75, 3.05) is 6.54 Å². The molecule has 0 heterocycles. The van der Waals surface area contributed by atoms with E-state index in [1.165, 1.54) is 12.8 Å². The van der Waals surface area contributed by atoms with E-state index in [1.54, 1.807) is 0 Å². The third kappa shape index (κ3) is 4.00. The molecule has 0 aromatic rings. The zero-order valence-corrected chi connectivity index (χ0v) is 20.1. The number of hydrogen-bond donors (Lipinski definition) is 4. The van der Waals surface area contributed by atoms with Gasteiger partial charge in [-0.25, -0.2) is 0 Å². The van der Waals surface area contributed by atoms with Gasteiger partial charge in [0.25, 0.3) is 0 Å². The van der Waals surface area contributed by atoms with Gasteiger partial charge >= 0.3 is 5.97 Å². The van der Waals surface area contributed by atoms with Gasteiger partial charge in [0, 0.05) is 6.42 Å². The lowest BCUT2D eigenvalue weighted by Gasteiger charge is -2.62. The first kappa shape index (κ1) is 24.0. The van der Waals surface area contributed by atoms with Crippen LogP contribution in [0.5, 0.6) is 0 Å². The van der Waals surface area contributed by atoms with Gasteiger partial charge in [0.1, 0.15) is 6.54 Å². The van der Waals surface area contributed by atoms with Gasteiger partial charge < -0.3 is 20.6 Å². The Morgan fingerprint density at radius 2 is 1.78 bits per heavy atom. The van der Waals surface area contributed by atoms with Crippen molar-refractivity contribution in [1.82, 2.24) is 5.32 Å². The van der Waals surface area contributed by atoms with E-state index in [9.17, 15) is 19.8 Å². The predicted molar refractivity (Wildman–Crippen MR) is 122 cm³/mol. The van der Waals surface area contributed by atoms with Crippen molar-refractivity contribution < 1.29 is 24.9 Å². The third-order valence-electron chi connectivity index (χ3n) is 10.8. The van der Waals surface area contributed by atoms with E-state index in [0.29, 0.717) is 41.9 Å². The van der Waals surface area contributed by atoms with Crippen LogP contribution in [0, 0.1) is 46.3 Å². The van der Waals surface area contributed by atoms with Gasteiger partial charge in [-0.05, 0) is 104 Å². The van der Waals surface area contributed by atoms with Crippen LogP contribution in [0.2, 0.25) is 0 Å². The quantitative estimate of drug-likeness (QED) is 0.496. The molecule has 6 heteroatoms. The molecule has 0 aromatic heterocycles. The second kappa shape index (κ2) is 8.90. The van der Waals surface area contributed by atoms with Gasteiger partial charge in [-0.2, -0.15) is 0 Å². The van der Waals surface area contributed by atoms with E-state index in [1.807, 2.05) is 0 Å². The molecule has 0 bridgehead atoms. The Labute approximate surface area is 192 Å². The zero-order chi connectivity index (χ0) is 23.3. The number of nitrogens with one attached hydrogen (secondary N) is 1. The second-order valence-electron chi connectivity index (χ2n) is 12.1. The zero-order valence-electron chi connectivity index (χ0n) is 20.1. The summed E-state index contributed by atoms with van der Waals surface area (Å²) in [6.45, 7) is 6.65. The maximum Gasteiger partial charge on any atom is 0.322 e. The first-order valence-electron chi connectivity index (χ1n) is 12.9. The number of aliphatic carboxylic acids is 1. The predicted octanol–water partition coefficient (Wildman–Crippen LogP) is 3.59. The first-order valence-corrected chi connectivity index (χ1v) is 12.9. The molecule has 4 aliphatic carbocycles. The van der Waals surface area contributed by atoms with Gasteiger partial charge in [0.2, 0.25) is 5.91 Å². The van der Waals surface area contributed by atoms with E-state index in [4.69, 9.17) is 5.11 Å². The molecule has 0 aliphatic heterocycles. The summed E-state index contributed by atoms with van der Waals surface area (Å²) in [4.78, 5) is 22.7. The largest absolute Gasteiger partial charge is 0.480 e. The molecule has 0 spiro atoms. The minimum absolute atomic E-state index is 0.102. The Bertz CT molecular complexity index is 727. The highest BCUT2D eigenvalue weighted by Crippen LogP contribution is 2.68. The Morgan fingerprint density at radius 1 is 1.03 bits per heavy atom. The number of fused-ring (bicyclic) bond motifs is 5. The monoisotopic (exact) mass is 449 g/mol. The summed E-state index contributed by atoms with van der Waals surface area (Å²) in [6, 6.07) is 0. The number of aliphatic hydroxyl groups is 2. The molecule has 10 atom stereocenters. The Hall–Kier alpha value is -1.14. The summed E-state index contributed by atoms with van der Waals surface area (Å²) in [6.07, 6.45) is 9.12.